The minimum Gasteiger partial charge on any atom is -0.334 e. The molecule has 0 saturated carbocycles. The Morgan fingerprint density at radius 3 is 2.73 bits per heavy atom. The maximum atomic E-state index is 14.2. The van der Waals surface area contributed by atoms with E-state index in [1.54, 1.807) is 4.90 Å². The lowest BCUT2D eigenvalue weighted by molar-refractivity contribution is 0.190. The van der Waals surface area contributed by atoms with E-state index in [1.165, 1.54) is 22.5 Å². The van der Waals surface area contributed by atoms with Crippen LogP contribution in [0.1, 0.15) is 12.8 Å². The molecule has 2 saturated heterocycles. The summed E-state index contributed by atoms with van der Waals surface area (Å²) in [4.78, 5) is 13.7. The molecule has 2 aliphatic rings. The van der Waals surface area contributed by atoms with Gasteiger partial charge in [0, 0.05) is 43.7 Å². The molecular weight excluding hydrogens is 401 g/mol. The van der Waals surface area contributed by atoms with Crippen LogP contribution in [0.25, 0.3) is 0 Å². The van der Waals surface area contributed by atoms with Crippen molar-refractivity contribution < 1.29 is 17.6 Å². The maximum absolute atomic E-state index is 14.2. The highest BCUT2D eigenvalue weighted by Gasteiger charge is 2.33. The van der Waals surface area contributed by atoms with Gasteiger partial charge in [-0.1, -0.05) is 17.7 Å². The van der Waals surface area contributed by atoms with E-state index < -0.39 is 20.7 Å². The number of carbonyl (C=O) groups is 1. The first-order chi connectivity index (χ1) is 12.4. The van der Waals surface area contributed by atoms with Gasteiger partial charge in [0.2, 0.25) is 10.0 Å². The Morgan fingerprint density at radius 2 is 2.00 bits per heavy atom. The molecule has 3 rings (SSSR count). The van der Waals surface area contributed by atoms with E-state index in [0.717, 1.165) is 11.5 Å². The first kappa shape index (κ1) is 19.7. The van der Waals surface area contributed by atoms with Crippen LogP contribution in [0.5, 0.6) is 0 Å². The molecule has 1 unspecified atom stereocenters. The van der Waals surface area contributed by atoms with Crippen molar-refractivity contribution in [3.63, 3.8) is 0 Å². The summed E-state index contributed by atoms with van der Waals surface area (Å²) in [7, 11) is -4.00. The maximum Gasteiger partial charge on any atom is 0.317 e. The molecule has 1 N–H and O–H groups in total. The number of rotatable bonds is 3. The number of hydrogen-bond acceptors (Lipinski definition) is 4. The SMILES string of the molecule is O=C(NC1CCCN(S(=O)(=O)c2cccc(Cl)c2F)C1)N1CCSCC1. The van der Waals surface area contributed by atoms with Gasteiger partial charge in [-0.2, -0.15) is 16.1 Å². The average molecular weight is 422 g/mol. The lowest BCUT2D eigenvalue weighted by Gasteiger charge is -2.34. The minimum absolute atomic E-state index is 0.128. The number of nitrogens with one attached hydrogen (secondary N) is 1. The molecule has 1 aromatic rings. The Bertz CT molecular complexity index is 772. The van der Waals surface area contributed by atoms with Crippen LogP contribution in [0, 0.1) is 5.82 Å². The van der Waals surface area contributed by atoms with Crippen molar-refractivity contribution >= 4 is 39.4 Å². The fraction of sp³-hybridized carbons (Fsp3) is 0.562. The molecule has 2 aliphatic heterocycles. The summed E-state index contributed by atoms with van der Waals surface area (Å²) in [5.41, 5.74) is 0. The second kappa shape index (κ2) is 8.33. The topological polar surface area (TPSA) is 69.7 Å². The van der Waals surface area contributed by atoms with Gasteiger partial charge in [-0.3, -0.25) is 0 Å². The lowest BCUT2D eigenvalue weighted by Crippen LogP contribution is -2.53. The Morgan fingerprint density at radius 1 is 1.27 bits per heavy atom. The Kier molecular flexibility index (Phi) is 6.32. The molecule has 2 amide bonds. The number of amides is 2. The van der Waals surface area contributed by atoms with Crippen LogP contribution < -0.4 is 5.32 Å². The van der Waals surface area contributed by atoms with Crippen molar-refractivity contribution in [3.8, 4) is 0 Å². The van der Waals surface area contributed by atoms with Crippen LogP contribution >= 0.6 is 23.4 Å². The van der Waals surface area contributed by atoms with Gasteiger partial charge in [-0.25, -0.2) is 17.6 Å². The normalized spacial score (nSPS) is 22.2. The molecule has 2 heterocycles. The van der Waals surface area contributed by atoms with E-state index >= 15 is 0 Å². The summed E-state index contributed by atoms with van der Waals surface area (Å²) < 4.78 is 41.0. The van der Waals surface area contributed by atoms with Crippen molar-refractivity contribution in [1.82, 2.24) is 14.5 Å². The van der Waals surface area contributed by atoms with Gasteiger partial charge in [-0.05, 0) is 25.0 Å². The summed E-state index contributed by atoms with van der Waals surface area (Å²) in [5.74, 6) is 0.880. The largest absolute Gasteiger partial charge is 0.334 e. The number of urea groups is 1. The third-order valence-electron chi connectivity index (χ3n) is 4.54. The van der Waals surface area contributed by atoms with Gasteiger partial charge in [0.05, 0.1) is 5.02 Å². The summed E-state index contributed by atoms with van der Waals surface area (Å²) >= 11 is 7.53. The number of nitrogens with zero attached hydrogens (tertiary/aromatic N) is 2. The van der Waals surface area contributed by atoms with Crippen molar-refractivity contribution in [2.24, 2.45) is 0 Å². The Labute approximate surface area is 162 Å². The van der Waals surface area contributed by atoms with Crippen molar-refractivity contribution in [2.45, 2.75) is 23.8 Å². The molecular formula is C16H21ClFN3O3S2. The predicted molar refractivity (Wildman–Crippen MR) is 101 cm³/mol. The molecule has 0 spiro atoms. The van der Waals surface area contributed by atoms with Crippen LogP contribution in [0.4, 0.5) is 9.18 Å². The van der Waals surface area contributed by atoms with Crippen LogP contribution in [0.15, 0.2) is 23.1 Å². The van der Waals surface area contributed by atoms with Crippen LogP contribution in [0.2, 0.25) is 5.02 Å². The fourth-order valence-corrected chi connectivity index (χ4v) is 5.88. The predicted octanol–water partition coefficient (Wildman–Crippen LogP) is 2.39. The number of piperidine rings is 1. The van der Waals surface area contributed by atoms with E-state index in [0.29, 0.717) is 32.5 Å². The summed E-state index contributed by atoms with van der Waals surface area (Å²) in [5, 5.41) is 2.69. The molecule has 0 radical (unpaired) electrons. The third-order valence-corrected chi connectivity index (χ3v) is 7.66. The molecule has 144 valence electrons. The van der Waals surface area contributed by atoms with Crippen LogP contribution in [-0.4, -0.2) is 67.4 Å². The number of halogens is 2. The molecule has 1 atom stereocenters. The third kappa shape index (κ3) is 4.27. The molecule has 0 aromatic heterocycles. The van der Waals surface area contributed by atoms with Crippen LogP contribution in [-0.2, 0) is 10.0 Å². The van der Waals surface area contributed by atoms with Gasteiger partial charge >= 0.3 is 6.03 Å². The molecule has 6 nitrogen and oxygen atoms in total. The van der Waals surface area contributed by atoms with Crippen molar-refractivity contribution in [1.29, 1.82) is 0 Å². The lowest BCUT2D eigenvalue weighted by atomic mass is 10.1. The highest BCUT2D eigenvalue weighted by molar-refractivity contribution is 7.99. The minimum atomic E-state index is -4.00. The van der Waals surface area contributed by atoms with E-state index in [4.69, 9.17) is 11.6 Å². The van der Waals surface area contributed by atoms with E-state index in [9.17, 15) is 17.6 Å². The van der Waals surface area contributed by atoms with Gasteiger partial charge < -0.3 is 10.2 Å². The van der Waals surface area contributed by atoms with Crippen LogP contribution in [0.3, 0.4) is 0 Å². The molecule has 2 fully saturated rings. The van der Waals surface area contributed by atoms with E-state index in [-0.39, 0.29) is 23.6 Å². The monoisotopic (exact) mass is 421 g/mol. The summed E-state index contributed by atoms with van der Waals surface area (Å²) in [6, 6.07) is 3.48. The summed E-state index contributed by atoms with van der Waals surface area (Å²) in [6.45, 7) is 1.81. The van der Waals surface area contributed by atoms with Gasteiger partial charge in [0.1, 0.15) is 4.90 Å². The zero-order valence-corrected chi connectivity index (χ0v) is 16.5. The highest BCUT2D eigenvalue weighted by atomic mass is 35.5. The summed E-state index contributed by atoms with van der Waals surface area (Å²) in [6.07, 6.45) is 1.29. The number of carbonyl (C=O) groups excluding carboxylic acids is 1. The molecule has 26 heavy (non-hydrogen) atoms. The Hall–Kier alpha value is -1.03. The molecule has 10 heteroatoms. The molecule has 1 aromatic carbocycles. The quantitative estimate of drug-likeness (QED) is 0.813. The first-order valence-electron chi connectivity index (χ1n) is 8.47. The zero-order chi connectivity index (χ0) is 18.7. The van der Waals surface area contributed by atoms with Crippen molar-refractivity contribution in [3.05, 3.63) is 29.0 Å². The highest BCUT2D eigenvalue weighted by Crippen LogP contribution is 2.26. The number of hydrogen-bond donors (Lipinski definition) is 1. The standard InChI is InChI=1S/C16H21ClFN3O3S2/c17-13-4-1-5-14(15(13)18)26(23,24)21-6-2-3-12(11-21)19-16(22)20-7-9-25-10-8-20/h1,4-5,12H,2-3,6-11H2,(H,19,22). The second-order valence-electron chi connectivity index (χ2n) is 6.30. The van der Waals surface area contributed by atoms with E-state index in [2.05, 4.69) is 5.32 Å². The fourth-order valence-electron chi connectivity index (χ4n) is 3.13. The second-order valence-corrected chi connectivity index (χ2v) is 9.84. The molecule has 0 bridgehead atoms. The van der Waals surface area contributed by atoms with E-state index in [1.807, 2.05) is 11.8 Å². The zero-order valence-electron chi connectivity index (χ0n) is 14.2. The number of thioether (sulfide) groups is 1. The Balaban J connectivity index is 1.69. The smallest absolute Gasteiger partial charge is 0.317 e. The molecule has 0 aliphatic carbocycles. The van der Waals surface area contributed by atoms with Gasteiger partial charge in [0.15, 0.2) is 5.82 Å². The number of benzene rings is 1. The number of sulfonamides is 1. The van der Waals surface area contributed by atoms with Gasteiger partial charge in [0.25, 0.3) is 0 Å². The van der Waals surface area contributed by atoms with Crippen molar-refractivity contribution in [2.75, 3.05) is 37.7 Å². The average Bonchev–Trinajstić information content (AvgIpc) is 2.65. The first-order valence-corrected chi connectivity index (χ1v) is 11.4. The van der Waals surface area contributed by atoms with Gasteiger partial charge in [-0.15, -0.1) is 0 Å².